The molecule has 2 fully saturated rings. The lowest BCUT2D eigenvalue weighted by atomic mass is 10.0. The normalized spacial score (nSPS) is 16.5. The molecule has 24 heteroatoms. The van der Waals surface area contributed by atoms with Gasteiger partial charge in [-0.2, -0.15) is 11.8 Å². The van der Waals surface area contributed by atoms with Crippen LogP contribution in [0.15, 0.2) is 60.7 Å². The van der Waals surface area contributed by atoms with Crippen molar-refractivity contribution in [2.45, 2.75) is 62.3 Å². The minimum Gasteiger partial charge on any atom is -0.494 e. The van der Waals surface area contributed by atoms with E-state index in [-0.39, 0.29) is 92.6 Å². The molecule has 2 aromatic rings. The predicted molar refractivity (Wildman–Crippen MR) is 290 cm³/mol. The first-order chi connectivity index (χ1) is 38.2. The van der Waals surface area contributed by atoms with Gasteiger partial charge in [-0.25, -0.2) is 4.79 Å². The van der Waals surface area contributed by atoms with Crippen molar-refractivity contribution in [3.8, 4) is 5.75 Å². The van der Waals surface area contributed by atoms with Gasteiger partial charge in [0.2, 0.25) is 17.7 Å². The summed E-state index contributed by atoms with van der Waals surface area (Å²) in [5.41, 5.74) is 1.96. The molecule has 7 amide bonds. The Morgan fingerprint density at radius 3 is 1.58 bits per heavy atom. The fourth-order valence-corrected chi connectivity index (χ4v) is 9.52. The number of hydrogen-bond acceptors (Lipinski definition) is 18. The third kappa shape index (κ3) is 26.3. The van der Waals surface area contributed by atoms with E-state index in [1.165, 1.54) is 12.2 Å². The fraction of sp³-hybridized carbons (Fsp3) is 0.611. The topological polar surface area (TPSA) is 278 Å². The Bertz CT molecular complexity index is 2120. The third-order valence-electron chi connectivity index (χ3n) is 12.1. The van der Waals surface area contributed by atoms with Gasteiger partial charge in [0.25, 0.3) is 11.8 Å². The van der Waals surface area contributed by atoms with Gasteiger partial charge in [0.15, 0.2) is 5.78 Å². The van der Waals surface area contributed by atoms with E-state index in [0.29, 0.717) is 154 Å². The minimum absolute atomic E-state index is 0.0205. The number of carbonyl (C=O) groups is 7. The summed E-state index contributed by atoms with van der Waals surface area (Å²) in [5, 5.41) is 18.0. The largest absolute Gasteiger partial charge is 0.494 e. The van der Waals surface area contributed by atoms with Crippen LogP contribution >= 0.6 is 11.8 Å². The van der Waals surface area contributed by atoms with Crippen LogP contribution in [0, 0.1) is 0 Å². The summed E-state index contributed by atoms with van der Waals surface area (Å²) in [4.78, 5) is 84.9. The summed E-state index contributed by atoms with van der Waals surface area (Å²) in [7, 11) is 0. The van der Waals surface area contributed by atoms with Crippen LogP contribution in [0.25, 0.3) is 0 Å². The lowest BCUT2D eigenvalue weighted by Gasteiger charge is -2.16. The number of fused-ring (bicyclic) bond motifs is 1. The molecule has 3 aliphatic heterocycles. The van der Waals surface area contributed by atoms with Crippen molar-refractivity contribution in [3.63, 3.8) is 0 Å². The number of hydrogen-bond donors (Lipinski definition) is 6. The van der Waals surface area contributed by atoms with Crippen molar-refractivity contribution in [3.05, 3.63) is 71.8 Å². The van der Waals surface area contributed by atoms with E-state index in [9.17, 15) is 33.6 Å². The molecule has 0 radical (unpaired) electrons. The van der Waals surface area contributed by atoms with Crippen LogP contribution in [0.2, 0.25) is 0 Å². The van der Waals surface area contributed by atoms with Crippen LogP contribution in [0.5, 0.6) is 5.75 Å². The number of benzene rings is 2. The van der Waals surface area contributed by atoms with Crippen LogP contribution < -0.4 is 36.6 Å². The number of rotatable bonds is 46. The Morgan fingerprint density at radius 2 is 1.00 bits per heavy atom. The molecule has 432 valence electrons. The maximum Gasteiger partial charge on any atom is 0.315 e. The van der Waals surface area contributed by atoms with Crippen molar-refractivity contribution < 1.29 is 76.2 Å². The molecule has 0 aliphatic carbocycles. The lowest BCUT2D eigenvalue weighted by Crippen LogP contribution is -2.38. The second-order valence-electron chi connectivity index (χ2n) is 18.0. The molecule has 2 saturated heterocycles. The van der Waals surface area contributed by atoms with Gasteiger partial charge in [-0.1, -0.05) is 6.42 Å². The van der Waals surface area contributed by atoms with Gasteiger partial charge in [-0.3, -0.25) is 33.7 Å². The Balaban J connectivity index is 0.724. The molecule has 3 heterocycles. The number of nitrogens with one attached hydrogen (secondary N) is 6. The summed E-state index contributed by atoms with van der Waals surface area (Å²) >= 11 is 1.89. The van der Waals surface area contributed by atoms with Gasteiger partial charge in [0.05, 0.1) is 124 Å². The summed E-state index contributed by atoms with van der Waals surface area (Å²) in [6, 6.07) is 14.6. The van der Waals surface area contributed by atoms with E-state index in [4.69, 9.17) is 42.6 Å². The Morgan fingerprint density at radius 1 is 0.513 bits per heavy atom. The number of ketones is 1. The molecular formula is C54H79N7O16S. The smallest absolute Gasteiger partial charge is 0.315 e. The van der Waals surface area contributed by atoms with E-state index < -0.39 is 0 Å². The standard InChI is InChI=1S/C54H79N7O16S/c62-47(5-2-1-4-46-52-45(40-78-46)59-54(68)60-52)58-21-27-72-31-35-76-39-37-73-32-28-69-24-16-48(63)56-18-3-23-77-44-12-8-42(9-13-44)53(67)41-6-10-43(11-7-41)55-20-26-71-30-34-75-38-36-74-33-29-70-25-17-49(64)57-19-22-61-50(65)14-15-51(61)66/h6-15,45-46,52,55H,1-5,16-40H2,(H,56,63)(H,57,64)(H,58,62)(H2,59,60,68)/t45-,46-,52-/m0/s1. The van der Waals surface area contributed by atoms with Crippen LogP contribution in [-0.2, 0) is 61.9 Å². The minimum atomic E-state index is -0.379. The average Bonchev–Trinajstić information content (AvgIpc) is 4.11. The number of thioether (sulfide) groups is 1. The van der Waals surface area contributed by atoms with Crippen molar-refractivity contribution in [1.82, 2.24) is 31.5 Å². The molecule has 23 nitrogen and oxygen atoms in total. The highest BCUT2D eigenvalue weighted by Gasteiger charge is 2.42. The zero-order chi connectivity index (χ0) is 55.3. The molecule has 78 heavy (non-hydrogen) atoms. The zero-order valence-electron chi connectivity index (χ0n) is 44.6. The molecule has 6 N–H and O–H groups in total. The van der Waals surface area contributed by atoms with Gasteiger partial charge in [-0.15, -0.1) is 0 Å². The predicted octanol–water partition coefficient (Wildman–Crippen LogP) is 2.01. The first-order valence-corrected chi connectivity index (χ1v) is 28.0. The van der Waals surface area contributed by atoms with Crippen LogP contribution in [0.3, 0.4) is 0 Å². The second-order valence-corrected chi connectivity index (χ2v) is 19.3. The van der Waals surface area contributed by atoms with Crippen LogP contribution in [0.1, 0.15) is 60.9 Å². The number of nitrogens with zero attached hydrogens (tertiary/aromatic N) is 1. The highest BCUT2D eigenvalue weighted by atomic mass is 32.2. The Hall–Kier alpha value is -5.70. The Labute approximate surface area is 460 Å². The number of imide groups is 1. The number of urea groups is 1. The first-order valence-electron chi connectivity index (χ1n) is 26.9. The monoisotopic (exact) mass is 1110 g/mol. The highest BCUT2D eigenvalue weighted by Crippen LogP contribution is 2.33. The van der Waals surface area contributed by atoms with Crippen LogP contribution in [-0.4, -0.2) is 214 Å². The molecule has 0 bridgehead atoms. The molecule has 0 aromatic heterocycles. The molecule has 3 aliphatic rings. The van der Waals surface area contributed by atoms with Crippen molar-refractivity contribution in [1.29, 1.82) is 0 Å². The van der Waals surface area contributed by atoms with Gasteiger partial charge in [-0.05, 0) is 67.8 Å². The highest BCUT2D eigenvalue weighted by molar-refractivity contribution is 8.00. The average molecular weight is 1110 g/mol. The first kappa shape index (κ1) is 63.1. The van der Waals surface area contributed by atoms with Gasteiger partial charge < -0.3 is 74.5 Å². The van der Waals surface area contributed by atoms with Gasteiger partial charge in [0.1, 0.15) is 5.75 Å². The van der Waals surface area contributed by atoms with Crippen molar-refractivity contribution in [2.75, 3.05) is 156 Å². The molecule has 0 saturated carbocycles. The molecular weight excluding hydrogens is 1030 g/mol. The summed E-state index contributed by atoms with van der Waals surface area (Å²) in [6.07, 6.45) is 6.67. The van der Waals surface area contributed by atoms with E-state index >= 15 is 0 Å². The number of carbonyl (C=O) groups excluding carboxylic acids is 7. The van der Waals surface area contributed by atoms with E-state index in [2.05, 4.69) is 31.9 Å². The number of anilines is 1. The molecule has 0 unspecified atom stereocenters. The molecule has 2 aromatic carbocycles. The summed E-state index contributed by atoms with van der Waals surface area (Å²) in [5.74, 6) is 0.392. The van der Waals surface area contributed by atoms with E-state index in [0.717, 1.165) is 35.6 Å². The number of ether oxygens (including phenoxy) is 9. The zero-order valence-corrected chi connectivity index (χ0v) is 45.4. The maximum absolute atomic E-state index is 13.1. The maximum atomic E-state index is 13.1. The van der Waals surface area contributed by atoms with Crippen molar-refractivity contribution >= 4 is 58.8 Å². The molecule has 3 atom stereocenters. The van der Waals surface area contributed by atoms with Gasteiger partial charge in [0, 0.05) is 92.0 Å². The third-order valence-corrected chi connectivity index (χ3v) is 13.6. The summed E-state index contributed by atoms with van der Waals surface area (Å²) in [6.45, 7) is 8.38. The van der Waals surface area contributed by atoms with E-state index in [1.54, 1.807) is 36.4 Å². The van der Waals surface area contributed by atoms with E-state index in [1.807, 2.05) is 23.9 Å². The fourth-order valence-electron chi connectivity index (χ4n) is 7.98. The molecule has 5 rings (SSSR count). The van der Waals surface area contributed by atoms with Crippen LogP contribution in [0.4, 0.5) is 10.5 Å². The lowest BCUT2D eigenvalue weighted by molar-refractivity contribution is -0.137. The second kappa shape index (κ2) is 38.8. The Kier molecular flexibility index (Phi) is 31.4. The number of amides is 7. The summed E-state index contributed by atoms with van der Waals surface area (Å²) < 4.78 is 49.9. The van der Waals surface area contributed by atoms with Gasteiger partial charge >= 0.3 is 6.03 Å². The number of unbranched alkanes of at least 4 members (excludes halogenated alkanes) is 1. The van der Waals surface area contributed by atoms with Crippen molar-refractivity contribution in [2.24, 2.45) is 0 Å². The molecule has 0 spiro atoms. The quantitative estimate of drug-likeness (QED) is 0.0239. The SMILES string of the molecule is O=C(CCCC[C@@H]1SC[C@@H]2NC(=O)N[C@@H]21)NCCOCCOCCOCCOCCC(=O)NCCCOc1ccc(C(=O)c2ccc(NCCOCCOCCOCCOCCC(=O)NCCN3C(=O)C=CC3=O)cc2)cc1.